The molecule has 0 heterocycles. The normalized spacial score (nSPS) is 12.5. The Morgan fingerprint density at radius 1 is 0.938 bits per heavy atom. The van der Waals surface area contributed by atoms with Crippen LogP contribution in [0.2, 0.25) is 0 Å². The van der Waals surface area contributed by atoms with Crippen molar-refractivity contribution in [3.8, 4) is 0 Å². The molecule has 0 saturated carbocycles. The molecule has 3 heteroatoms. The van der Waals surface area contributed by atoms with Crippen molar-refractivity contribution >= 4 is 12.6 Å². The van der Waals surface area contributed by atoms with E-state index in [2.05, 4.69) is 5.32 Å². The summed E-state index contributed by atoms with van der Waals surface area (Å²) in [6, 6.07) is 0. The van der Waals surface area contributed by atoms with Crippen LogP contribution in [0.3, 0.4) is 0 Å². The van der Waals surface area contributed by atoms with Crippen molar-refractivity contribution in [1.82, 2.24) is 5.32 Å². The predicted molar refractivity (Wildman–Crippen MR) is 66.5 cm³/mol. The van der Waals surface area contributed by atoms with E-state index in [9.17, 15) is 9.59 Å². The molecular weight excluding hydrogens is 202 g/mol. The molecule has 0 unspecified atom stereocenters. The molecule has 0 aliphatic rings. The van der Waals surface area contributed by atoms with E-state index in [-0.39, 0.29) is 5.41 Å². The third kappa shape index (κ3) is 7.57. The van der Waals surface area contributed by atoms with Crippen molar-refractivity contribution in [3.63, 3.8) is 0 Å². The van der Waals surface area contributed by atoms with Gasteiger partial charge in [-0.3, -0.25) is 0 Å². The molecule has 0 atom stereocenters. The van der Waals surface area contributed by atoms with Gasteiger partial charge >= 0.3 is 0 Å². The van der Waals surface area contributed by atoms with E-state index < -0.39 is 5.54 Å². The third-order valence-electron chi connectivity index (χ3n) is 2.69. The average molecular weight is 227 g/mol. The zero-order valence-electron chi connectivity index (χ0n) is 11.0. The molecule has 0 aromatic rings. The monoisotopic (exact) mass is 227 g/mol. The Balaban J connectivity index is 3.48. The average Bonchev–Trinajstić information content (AvgIpc) is 2.23. The van der Waals surface area contributed by atoms with Gasteiger partial charge in [-0.25, -0.2) is 0 Å². The van der Waals surface area contributed by atoms with Gasteiger partial charge in [-0.2, -0.15) is 0 Å². The topological polar surface area (TPSA) is 46.2 Å². The fourth-order valence-corrected chi connectivity index (χ4v) is 1.39. The van der Waals surface area contributed by atoms with Crippen LogP contribution in [-0.2, 0) is 9.59 Å². The Morgan fingerprint density at radius 3 is 2.06 bits per heavy atom. The van der Waals surface area contributed by atoms with Crippen molar-refractivity contribution in [3.05, 3.63) is 0 Å². The largest absolute Gasteiger partial charge is 0.306 e. The van der Waals surface area contributed by atoms with E-state index in [4.69, 9.17) is 0 Å². The number of nitrogens with one attached hydrogen (secondary N) is 1. The second kappa shape index (κ2) is 6.79. The van der Waals surface area contributed by atoms with Crippen molar-refractivity contribution < 1.29 is 9.59 Å². The Morgan fingerprint density at radius 2 is 1.56 bits per heavy atom. The highest BCUT2D eigenvalue weighted by Crippen LogP contribution is 2.20. The second-order valence-electron chi connectivity index (χ2n) is 5.68. The number of carbonyl (C=O) groups is 2. The van der Waals surface area contributed by atoms with Gasteiger partial charge in [-0.15, -0.1) is 0 Å². The number of aldehydes is 2. The van der Waals surface area contributed by atoms with Gasteiger partial charge in [0.2, 0.25) is 0 Å². The van der Waals surface area contributed by atoms with Gasteiger partial charge in [-0.05, 0) is 33.2 Å². The summed E-state index contributed by atoms with van der Waals surface area (Å²) in [6.07, 6.45) is 6.11. The van der Waals surface area contributed by atoms with Crippen molar-refractivity contribution in [2.75, 3.05) is 6.54 Å². The molecule has 16 heavy (non-hydrogen) atoms. The maximum absolute atomic E-state index is 10.7. The van der Waals surface area contributed by atoms with E-state index in [1.807, 2.05) is 27.7 Å². The molecule has 0 aromatic heterocycles. The Kier molecular flexibility index (Phi) is 6.49. The first-order valence-electron chi connectivity index (χ1n) is 6.01. The molecular formula is C13H25NO2. The minimum absolute atomic E-state index is 0.185. The number of hydrogen-bond acceptors (Lipinski definition) is 3. The molecule has 0 spiro atoms. The zero-order chi connectivity index (χ0) is 12.7. The summed E-state index contributed by atoms with van der Waals surface area (Å²) in [6.45, 7) is 8.53. The predicted octanol–water partition coefficient (Wildman–Crippen LogP) is 2.34. The van der Waals surface area contributed by atoms with Crippen LogP contribution in [0.5, 0.6) is 0 Å². The van der Waals surface area contributed by atoms with Gasteiger partial charge in [0.15, 0.2) is 0 Å². The standard InChI is InChI=1S/C13H25NO2/c1-12(2,10-15)8-6-5-7-9-14-13(3,4)11-16/h10-11,14H,5-9H2,1-4H3. The summed E-state index contributed by atoms with van der Waals surface area (Å²) in [4.78, 5) is 21.3. The molecule has 0 radical (unpaired) electrons. The lowest BCUT2D eigenvalue weighted by atomic mass is 9.89. The molecule has 0 aliphatic carbocycles. The summed E-state index contributed by atoms with van der Waals surface area (Å²) in [5.41, 5.74) is -0.600. The summed E-state index contributed by atoms with van der Waals surface area (Å²) in [5.74, 6) is 0. The quantitative estimate of drug-likeness (QED) is 0.486. The first kappa shape index (κ1) is 15.3. The molecule has 1 N–H and O–H groups in total. The molecule has 94 valence electrons. The SMILES string of the molecule is CC(C)(C=O)CCCCCNC(C)(C)C=O. The first-order chi connectivity index (χ1) is 7.33. The van der Waals surface area contributed by atoms with E-state index >= 15 is 0 Å². The van der Waals surface area contributed by atoms with Gasteiger partial charge < -0.3 is 14.9 Å². The highest BCUT2D eigenvalue weighted by atomic mass is 16.1. The van der Waals surface area contributed by atoms with E-state index in [1.54, 1.807) is 0 Å². The molecule has 0 saturated heterocycles. The van der Waals surface area contributed by atoms with Crippen LogP contribution in [0.25, 0.3) is 0 Å². The molecule has 3 nitrogen and oxygen atoms in total. The molecule has 0 amide bonds. The van der Waals surface area contributed by atoms with Crippen LogP contribution in [0, 0.1) is 5.41 Å². The summed E-state index contributed by atoms with van der Waals surface area (Å²) >= 11 is 0. The van der Waals surface area contributed by atoms with Gasteiger partial charge in [0.1, 0.15) is 12.6 Å². The van der Waals surface area contributed by atoms with Crippen molar-refractivity contribution in [1.29, 1.82) is 0 Å². The maximum Gasteiger partial charge on any atom is 0.139 e. The maximum atomic E-state index is 10.7. The minimum atomic E-state index is -0.415. The molecule has 0 aromatic carbocycles. The van der Waals surface area contributed by atoms with Crippen LogP contribution in [-0.4, -0.2) is 24.7 Å². The number of hydrogen-bond donors (Lipinski definition) is 1. The van der Waals surface area contributed by atoms with E-state index in [0.717, 1.165) is 44.8 Å². The highest BCUT2D eigenvalue weighted by Gasteiger charge is 2.16. The molecule has 0 rings (SSSR count). The number of rotatable bonds is 9. The lowest BCUT2D eigenvalue weighted by Crippen LogP contribution is -2.41. The van der Waals surface area contributed by atoms with Crippen molar-refractivity contribution in [2.24, 2.45) is 5.41 Å². The number of unbranched alkanes of at least 4 members (excludes halogenated alkanes) is 2. The second-order valence-corrected chi connectivity index (χ2v) is 5.68. The summed E-state index contributed by atoms with van der Waals surface area (Å²) in [5, 5.41) is 3.18. The smallest absolute Gasteiger partial charge is 0.139 e. The Hall–Kier alpha value is -0.700. The van der Waals surface area contributed by atoms with Crippen LogP contribution >= 0.6 is 0 Å². The minimum Gasteiger partial charge on any atom is -0.306 e. The Bertz CT molecular complexity index is 198. The van der Waals surface area contributed by atoms with Gasteiger partial charge in [-0.1, -0.05) is 26.7 Å². The van der Waals surface area contributed by atoms with Crippen molar-refractivity contribution in [2.45, 2.75) is 58.9 Å². The lowest BCUT2D eigenvalue weighted by molar-refractivity contribution is -0.115. The number of carbonyl (C=O) groups excluding carboxylic acids is 2. The van der Waals surface area contributed by atoms with Crippen LogP contribution in [0.4, 0.5) is 0 Å². The van der Waals surface area contributed by atoms with E-state index in [1.165, 1.54) is 0 Å². The fraction of sp³-hybridized carbons (Fsp3) is 0.846. The van der Waals surface area contributed by atoms with Crippen LogP contribution in [0.15, 0.2) is 0 Å². The molecule has 0 bridgehead atoms. The van der Waals surface area contributed by atoms with Gasteiger partial charge in [0.05, 0.1) is 5.54 Å². The highest BCUT2D eigenvalue weighted by molar-refractivity contribution is 5.62. The molecule has 0 fully saturated rings. The third-order valence-corrected chi connectivity index (χ3v) is 2.69. The fourth-order valence-electron chi connectivity index (χ4n) is 1.39. The lowest BCUT2D eigenvalue weighted by Gasteiger charge is -2.19. The summed E-state index contributed by atoms with van der Waals surface area (Å²) in [7, 11) is 0. The zero-order valence-corrected chi connectivity index (χ0v) is 11.0. The first-order valence-corrected chi connectivity index (χ1v) is 6.01. The van der Waals surface area contributed by atoms with Crippen LogP contribution in [0.1, 0.15) is 53.4 Å². The Labute approximate surface area is 99.0 Å². The molecule has 0 aliphatic heterocycles. The van der Waals surface area contributed by atoms with Gasteiger partial charge in [0, 0.05) is 5.41 Å². The van der Waals surface area contributed by atoms with Crippen LogP contribution < -0.4 is 5.32 Å². The summed E-state index contributed by atoms with van der Waals surface area (Å²) < 4.78 is 0. The van der Waals surface area contributed by atoms with Gasteiger partial charge in [0.25, 0.3) is 0 Å². The van der Waals surface area contributed by atoms with E-state index in [0.29, 0.717) is 0 Å².